The number of rotatable bonds is 2. The number of hydrogen-bond donors (Lipinski definition) is 1. The number of nitrogens with zero attached hydrogens (tertiary/aromatic N) is 1. The molecule has 3 saturated carbocycles. The Hall–Kier alpha value is -0.0800. The van der Waals surface area contributed by atoms with Crippen molar-refractivity contribution in [2.45, 2.75) is 44.2 Å². The van der Waals surface area contributed by atoms with Crippen LogP contribution in [0.25, 0.3) is 0 Å². The minimum Gasteiger partial charge on any atom is -0.309 e. The zero-order valence-corrected chi connectivity index (χ0v) is 10.6. The van der Waals surface area contributed by atoms with E-state index in [1.807, 2.05) is 0 Å². The Morgan fingerprint density at radius 1 is 0.824 bits per heavy atom. The topological polar surface area (TPSA) is 15.3 Å². The van der Waals surface area contributed by atoms with Gasteiger partial charge in [0.05, 0.1) is 0 Å². The highest BCUT2D eigenvalue weighted by Gasteiger charge is 2.65. The van der Waals surface area contributed by atoms with Gasteiger partial charge in [0.15, 0.2) is 0 Å². The fourth-order valence-electron chi connectivity index (χ4n) is 5.95. The molecule has 3 heterocycles. The Labute approximate surface area is 104 Å². The van der Waals surface area contributed by atoms with Gasteiger partial charge >= 0.3 is 0 Å². The van der Waals surface area contributed by atoms with E-state index in [1.165, 1.54) is 32.5 Å². The van der Waals surface area contributed by atoms with E-state index < -0.39 is 0 Å². The van der Waals surface area contributed by atoms with Crippen molar-refractivity contribution < 1.29 is 0 Å². The van der Waals surface area contributed by atoms with Crippen molar-refractivity contribution in [1.29, 1.82) is 0 Å². The summed E-state index contributed by atoms with van der Waals surface area (Å²) in [5.41, 5.74) is 0. The number of nitrogens with one attached hydrogen (secondary N) is 1. The van der Waals surface area contributed by atoms with Crippen LogP contribution in [0.5, 0.6) is 0 Å². The first-order valence-electron chi connectivity index (χ1n) is 7.88. The lowest BCUT2D eigenvalue weighted by molar-refractivity contribution is 0.0696. The van der Waals surface area contributed by atoms with Crippen LogP contribution in [0.4, 0.5) is 0 Å². The molecule has 3 saturated heterocycles. The van der Waals surface area contributed by atoms with Gasteiger partial charge in [-0.1, -0.05) is 0 Å². The molecule has 94 valence electrons. The Morgan fingerprint density at radius 2 is 1.53 bits per heavy atom. The maximum atomic E-state index is 4.09. The normalized spacial score (nSPS) is 62.8. The first-order chi connectivity index (χ1) is 8.40. The highest BCUT2D eigenvalue weighted by atomic mass is 15.2. The molecule has 0 aromatic rings. The second-order valence-electron chi connectivity index (χ2n) is 7.42. The van der Waals surface area contributed by atoms with Gasteiger partial charge in [0.1, 0.15) is 0 Å². The molecule has 0 spiro atoms. The summed E-state index contributed by atoms with van der Waals surface area (Å²) in [5.74, 6) is 5.50. The third kappa shape index (κ3) is 1.29. The van der Waals surface area contributed by atoms with Gasteiger partial charge in [-0.15, -0.1) is 0 Å². The van der Waals surface area contributed by atoms with Gasteiger partial charge in [0.25, 0.3) is 0 Å². The first-order valence-corrected chi connectivity index (χ1v) is 7.88. The maximum Gasteiger partial charge on any atom is 0.0227 e. The molecule has 6 aliphatic rings. The molecule has 2 nitrogen and oxygen atoms in total. The fourth-order valence-corrected chi connectivity index (χ4v) is 5.95. The Bertz CT molecular complexity index is 318. The highest BCUT2D eigenvalue weighted by Crippen LogP contribution is 2.65. The molecule has 4 bridgehead atoms. The zero-order valence-electron chi connectivity index (χ0n) is 10.6. The third-order valence-corrected chi connectivity index (χ3v) is 6.80. The largest absolute Gasteiger partial charge is 0.309 e. The van der Waals surface area contributed by atoms with Crippen LogP contribution in [0.1, 0.15) is 32.1 Å². The predicted octanol–water partition coefficient (Wildman–Crippen LogP) is 1.71. The van der Waals surface area contributed by atoms with Crippen LogP contribution in [0.15, 0.2) is 0 Å². The van der Waals surface area contributed by atoms with Gasteiger partial charge in [-0.3, -0.25) is 0 Å². The van der Waals surface area contributed by atoms with Gasteiger partial charge in [0.2, 0.25) is 0 Å². The maximum absolute atomic E-state index is 4.09. The summed E-state index contributed by atoms with van der Waals surface area (Å²) in [6, 6.07) is 1.80. The van der Waals surface area contributed by atoms with Crippen LogP contribution in [-0.2, 0) is 0 Å². The SMILES string of the molecule is C1CN2CCC1C(NC1C3C4CCC(C4)C13)C2. The molecular weight excluding hydrogens is 208 g/mol. The van der Waals surface area contributed by atoms with E-state index in [9.17, 15) is 0 Å². The van der Waals surface area contributed by atoms with E-state index in [-0.39, 0.29) is 0 Å². The fraction of sp³-hybridized carbons (Fsp3) is 1.00. The molecule has 3 aliphatic heterocycles. The molecule has 5 atom stereocenters. The molecule has 6 rings (SSSR count). The van der Waals surface area contributed by atoms with E-state index in [4.69, 9.17) is 0 Å². The Balaban J connectivity index is 1.28. The van der Waals surface area contributed by atoms with Gasteiger partial charge in [-0.25, -0.2) is 0 Å². The minimum atomic E-state index is 0.854. The van der Waals surface area contributed by atoms with E-state index >= 15 is 0 Å². The second kappa shape index (κ2) is 3.27. The van der Waals surface area contributed by atoms with Gasteiger partial charge in [-0.05, 0) is 74.8 Å². The van der Waals surface area contributed by atoms with Gasteiger partial charge < -0.3 is 10.2 Å². The summed E-state index contributed by atoms with van der Waals surface area (Å²) in [6.07, 6.45) is 7.64. The van der Waals surface area contributed by atoms with Crippen molar-refractivity contribution in [3.63, 3.8) is 0 Å². The standard InChI is InChI=1S/C15H24N2/c1-2-11-7-10(1)13-14(11)15(13)16-12-8-17-5-3-9(12)4-6-17/h9-16H,1-8H2. The third-order valence-electron chi connectivity index (χ3n) is 6.80. The molecule has 0 aromatic carbocycles. The quantitative estimate of drug-likeness (QED) is 0.780. The summed E-state index contributed by atoms with van der Waals surface area (Å²) in [7, 11) is 0. The molecule has 1 N–H and O–H groups in total. The Morgan fingerprint density at radius 3 is 2.12 bits per heavy atom. The van der Waals surface area contributed by atoms with Crippen molar-refractivity contribution >= 4 is 0 Å². The summed E-state index contributed by atoms with van der Waals surface area (Å²) in [6.45, 7) is 4.12. The molecule has 5 unspecified atom stereocenters. The lowest BCUT2D eigenvalue weighted by atomic mass is 9.84. The predicted molar refractivity (Wildman–Crippen MR) is 67.7 cm³/mol. The van der Waals surface area contributed by atoms with Crippen molar-refractivity contribution in [2.24, 2.45) is 29.6 Å². The van der Waals surface area contributed by atoms with Gasteiger partial charge in [-0.2, -0.15) is 0 Å². The summed E-state index contributed by atoms with van der Waals surface area (Å²) in [4.78, 5) is 2.68. The molecule has 3 aliphatic carbocycles. The number of fused-ring (bicyclic) bond motifs is 8. The molecule has 6 fully saturated rings. The monoisotopic (exact) mass is 232 g/mol. The van der Waals surface area contributed by atoms with Crippen LogP contribution in [0, 0.1) is 29.6 Å². The number of hydrogen-bond acceptors (Lipinski definition) is 2. The summed E-state index contributed by atoms with van der Waals surface area (Å²) in [5, 5.41) is 4.09. The summed E-state index contributed by atoms with van der Waals surface area (Å²) < 4.78 is 0. The average molecular weight is 232 g/mol. The van der Waals surface area contributed by atoms with E-state index in [2.05, 4.69) is 10.2 Å². The molecule has 17 heavy (non-hydrogen) atoms. The molecule has 0 amide bonds. The van der Waals surface area contributed by atoms with Crippen LogP contribution >= 0.6 is 0 Å². The van der Waals surface area contributed by atoms with Crippen LogP contribution < -0.4 is 5.32 Å². The molecular formula is C15H24N2. The molecule has 0 radical (unpaired) electrons. The Kier molecular flexibility index (Phi) is 1.88. The van der Waals surface area contributed by atoms with Crippen molar-refractivity contribution in [3.05, 3.63) is 0 Å². The van der Waals surface area contributed by atoms with Crippen molar-refractivity contribution in [3.8, 4) is 0 Å². The number of piperidine rings is 3. The smallest absolute Gasteiger partial charge is 0.0227 e. The summed E-state index contributed by atoms with van der Waals surface area (Å²) >= 11 is 0. The van der Waals surface area contributed by atoms with Crippen LogP contribution in [0.3, 0.4) is 0 Å². The lowest BCUT2D eigenvalue weighted by Crippen LogP contribution is -2.57. The molecule has 0 aromatic heterocycles. The zero-order chi connectivity index (χ0) is 11.0. The first kappa shape index (κ1) is 9.80. The van der Waals surface area contributed by atoms with Gasteiger partial charge in [0, 0.05) is 18.6 Å². The highest BCUT2D eigenvalue weighted by molar-refractivity contribution is 5.17. The minimum absolute atomic E-state index is 0.854. The molecule has 2 heteroatoms. The second-order valence-corrected chi connectivity index (χ2v) is 7.42. The van der Waals surface area contributed by atoms with E-state index in [0.29, 0.717) is 0 Å². The van der Waals surface area contributed by atoms with Crippen molar-refractivity contribution in [2.75, 3.05) is 19.6 Å². The van der Waals surface area contributed by atoms with E-state index in [0.717, 1.165) is 41.7 Å². The average Bonchev–Trinajstić information content (AvgIpc) is 2.79. The lowest BCUT2D eigenvalue weighted by Gasteiger charge is -2.45. The van der Waals surface area contributed by atoms with Crippen LogP contribution in [-0.4, -0.2) is 36.6 Å². The van der Waals surface area contributed by atoms with Crippen LogP contribution in [0.2, 0.25) is 0 Å². The van der Waals surface area contributed by atoms with Crippen molar-refractivity contribution in [1.82, 2.24) is 10.2 Å². The van der Waals surface area contributed by atoms with E-state index in [1.54, 1.807) is 19.3 Å².